The van der Waals surface area contributed by atoms with Gasteiger partial charge in [-0.3, -0.25) is 9.59 Å². The number of aromatic amines is 1. The van der Waals surface area contributed by atoms with Gasteiger partial charge in [-0.15, -0.1) is 0 Å². The average molecular weight is 432 g/mol. The third kappa shape index (κ3) is 5.89. The maximum absolute atomic E-state index is 13.0. The van der Waals surface area contributed by atoms with Gasteiger partial charge in [0, 0.05) is 11.1 Å². The Bertz CT molecular complexity index is 913. The Balaban J connectivity index is 2.12. The molecule has 0 radical (unpaired) electrons. The quantitative estimate of drug-likeness (QED) is 0.432. The van der Waals surface area contributed by atoms with Gasteiger partial charge in [0.15, 0.2) is 10.9 Å². The van der Waals surface area contributed by atoms with E-state index in [-0.39, 0.29) is 11.1 Å². The van der Waals surface area contributed by atoms with Gasteiger partial charge >= 0.3 is 12.4 Å². The zero-order chi connectivity index (χ0) is 20.4. The van der Waals surface area contributed by atoms with Gasteiger partial charge in [0.2, 0.25) is 5.91 Å². The van der Waals surface area contributed by atoms with Crippen molar-refractivity contribution in [2.45, 2.75) is 17.5 Å². The van der Waals surface area contributed by atoms with Crippen LogP contribution in [0.15, 0.2) is 34.2 Å². The van der Waals surface area contributed by atoms with Gasteiger partial charge in [0.1, 0.15) is 0 Å². The molecule has 0 bridgehead atoms. The molecule has 0 saturated heterocycles. The van der Waals surface area contributed by atoms with E-state index in [1.807, 2.05) is 10.3 Å². The zero-order valence-electron chi connectivity index (χ0n) is 12.8. The first kappa shape index (κ1) is 21.1. The molecule has 1 heterocycles. The van der Waals surface area contributed by atoms with Crippen LogP contribution in [0.2, 0.25) is 5.02 Å². The lowest BCUT2D eigenvalue weighted by atomic mass is 10.1. The summed E-state index contributed by atoms with van der Waals surface area (Å²) in [6.07, 6.45) is -9.65. The first-order valence-electron chi connectivity index (χ1n) is 6.84. The summed E-state index contributed by atoms with van der Waals surface area (Å²) >= 11 is 5.94. The van der Waals surface area contributed by atoms with E-state index in [9.17, 15) is 35.9 Å². The number of halogens is 7. The Kier molecular flexibility index (Phi) is 6.10. The molecule has 146 valence electrons. The predicted octanol–water partition coefficient (Wildman–Crippen LogP) is 4.19. The SMILES string of the molecule is O=C(CSc1nc(C(F)(F)F)cc(=O)[nH]1)Nc1ccc(Cl)cc1C(F)(F)F. The molecular weight excluding hydrogens is 424 g/mol. The van der Waals surface area contributed by atoms with Crippen LogP contribution in [-0.2, 0) is 17.1 Å². The second-order valence-corrected chi connectivity index (χ2v) is 6.36. The molecule has 0 saturated carbocycles. The molecule has 0 aliphatic carbocycles. The van der Waals surface area contributed by atoms with Crippen LogP contribution < -0.4 is 10.9 Å². The van der Waals surface area contributed by atoms with Crippen LogP contribution in [0, 0.1) is 0 Å². The molecule has 2 aromatic rings. The third-order valence-corrected chi connectivity index (χ3v) is 4.02. The second kappa shape index (κ2) is 7.80. The van der Waals surface area contributed by atoms with Gasteiger partial charge in [-0.05, 0) is 18.2 Å². The van der Waals surface area contributed by atoms with E-state index in [4.69, 9.17) is 11.6 Å². The molecule has 0 aliphatic rings. The van der Waals surface area contributed by atoms with Gasteiger partial charge in [-0.2, -0.15) is 26.3 Å². The van der Waals surface area contributed by atoms with Crippen LogP contribution in [0.1, 0.15) is 11.3 Å². The number of alkyl halides is 6. The number of rotatable bonds is 4. The first-order chi connectivity index (χ1) is 12.4. The smallest absolute Gasteiger partial charge is 0.325 e. The van der Waals surface area contributed by atoms with Crippen molar-refractivity contribution in [3.8, 4) is 0 Å². The van der Waals surface area contributed by atoms with Crippen LogP contribution >= 0.6 is 23.4 Å². The third-order valence-electron chi connectivity index (χ3n) is 2.91. The highest BCUT2D eigenvalue weighted by molar-refractivity contribution is 7.99. The molecule has 1 amide bonds. The summed E-state index contributed by atoms with van der Waals surface area (Å²) in [7, 11) is 0. The number of aromatic nitrogens is 2. The number of thioether (sulfide) groups is 1. The second-order valence-electron chi connectivity index (χ2n) is 4.96. The number of anilines is 1. The number of carbonyl (C=O) groups excluding carboxylic acids is 1. The van der Waals surface area contributed by atoms with Gasteiger partial charge in [-0.25, -0.2) is 4.98 Å². The fraction of sp³-hybridized carbons (Fsp3) is 0.214. The summed E-state index contributed by atoms with van der Waals surface area (Å²) in [6, 6.07) is 2.94. The summed E-state index contributed by atoms with van der Waals surface area (Å²) in [6.45, 7) is 0. The van der Waals surface area contributed by atoms with Crippen LogP contribution in [0.5, 0.6) is 0 Å². The molecule has 5 nitrogen and oxygen atoms in total. The number of benzene rings is 1. The molecule has 2 rings (SSSR count). The normalized spacial score (nSPS) is 12.1. The highest BCUT2D eigenvalue weighted by atomic mass is 35.5. The van der Waals surface area contributed by atoms with E-state index in [2.05, 4.69) is 4.98 Å². The van der Waals surface area contributed by atoms with Crippen LogP contribution in [0.25, 0.3) is 0 Å². The molecule has 2 N–H and O–H groups in total. The lowest BCUT2D eigenvalue weighted by Gasteiger charge is -2.14. The average Bonchev–Trinajstić information content (AvgIpc) is 2.52. The van der Waals surface area contributed by atoms with Crippen LogP contribution in [-0.4, -0.2) is 21.6 Å². The summed E-state index contributed by atoms with van der Waals surface area (Å²) in [4.78, 5) is 28.2. The molecule has 0 unspecified atom stereocenters. The highest BCUT2D eigenvalue weighted by Gasteiger charge is 2.35. The van der Waals surface area contributed by atoms with Crippen molar-refractivity contribution in [3.63, 3.8) is 0 Å². The van der Waals surface area contributed by atoms with E-state index < -0.39 is 51.7 Å². The minimum atomic E-state index is -4.86. The molecule has 0 aliphatic heterocycles. The Hall–Kier alpha value is -2.21. The van der Waals surface area contributed by atoms with Crippen molar-refractivity contribution in [3.05, 3.63) is 50.9 Å². The lowest BCUT2D eigenvalue weighted by Crippen LogP contribution is -2.20. The fourth-order valence-corrected chi connectivity index (χ4v) is 2.68. The summed E-state index contributed by atoms with van der Waals surface area (Å²) in [5, 5.41) is 1.30. The van der Waals surface area contributed by atoms with E-state index in [0.29, 0.717) is 17.8 Å². The van der Waals surface area contributed by atoms with Gasteiger partial charge in [0.05, 0.1) is 17.0 Å². The molecule has 27 heavy (non-hydrogen) atoms. The van der Waals surface area contributed by atoms with Crippen molar-refractivity contribution in [1.29, 1.82) is 0 Å². The Morgan fingerprint density at radius 2 is 1.81 bits per heavy atom. The minimum Gasteiger partial charge on any atom is -0.325 e. The Labute approximate surface area is 156 Å². The predicted molar refractivity (Wildman–Crippen MR) is 85.7 cm³/mol. The Morgan fingerprint density at radius 1 is 1.15 bits per heavy atom. The van der Waals surface area contributed by atoms with Crippen LogP contribution in [0.4, 0.5) is 32.0 Å². The van der Waals surface area contributed by atoms with Gasteiger partial charge in [-0.1, -0.05) is 23.4 Å². The van der Waals surface area contributed by atoms with E-state index in [0.717, 1.165) is 12.1 Å². The topological polar surface area (TPSA) is 74.8 Å². The van der Waals surface area contributed by atoms with Gasteiger partial charge in [0.25, 0.3) is 5.56 Å². The highest BCUT2D eigenvalue weighted by Crippen LogP contribution is 2.36. The van der Waals surface area contributed by atoms with Crippen molar-refractivity contribution >= 4 is 35.0 Å². The molecule has 0 atom stereocenters. The standard InChI is InChI=1S/C14H8ClF6N3O2S/c15-6-1-2-8(7(3-6)13(16,17)18)22-11(26)5-27-12-23-9(14(19,20)21)4-10(25)24-12/h1-4H,5H2,(H,22,26)(H,23,24,25). The number of H-pyrrole nitrogens is 1. The molecule has 0 fully saturated rings. The monoisotopic (exact) mass is 431 g/mol. The largest absolute Gasteiger partial charge is 0.433 e. The van der Waals surface area contributed by atoms with Crippen molar-refractivity contribution < 1.29 is 31.1 Å². The molecule has 1 aromatic carbocycles. The van der Waals surface area contributed by atoms with E-state index in [1.165, 1.54) is 0 Å². The summed E-state index contributed by atoms with van der Waals surface area (Å²) in [5.41, 5.74) is -4.29. The molecular formula is C14H8ClF6N3O2S. The van der Waals surface area contributed by atoms with Crippen molar-refractivity contribution in [2.75, 3.05) is 11.1 Å². The maximum atomic E-state index is 13.0. The number of carbonyl (C=O) groups is 1. The van der Waals surface area contributed by atoms with Crippen molar-refractivity contribution in [2.24, 2.45) is 0 Å². The number of amides is 1. The molecule has 13 heteroatoms. The number of hydrogen-bond donors (Lipinski definition) is 2. The van der Waals surface area contributed by atoms with Gasteiger partial charge < -0.3 is 10.3 Å². The van der Waals surface area contributed by atoms with E-state index in [1.54, 1.807) is 0 Å². The summed E-state index contributed by atoms with van der Waals surface area (Å²) < 4.78 is 76.7. The van der Waals surface area contributed by atoms with Crippen LogP contribution in [0.3, 0.4) is 0 Å². The van der Waals surface area contributed by atoms with Crippen molar-refractivity contribution in [1.82, 2.24) is 9.97 Å². The first-order valence-corrected chi connectivity index (χ1v) is 8.20. The number of nitrogens with one attached hydrogen (secondary N) is 2. The van der Waals surface area contributed by atoms with E-state index >= 15 is 0 Å². The minimum absolute atomic E-state index is 0.194. The maximum Gasteiger partial charge on any atom is 0.433 e. The zero-order valence-corrected chi connectivity index (χ0v) is 14.4. The molecule has 1 aromatic heterocycles. The number of nitrogens with zero attached hydrogens (tertiary/aromatic N) is 1. The Morgan fingerprint density at radius 3 is 2.41 bits per heavy atom. The summed E-state index contributed by atoms with van der Waals surface area (Å²) in [5.74, 6) is -1.54. The number of hydrogen-bond acceptors (Lipinski definition) is 4. The lowest BCUT2D eigenvalue weighted by molar-refractivity contribution is -0.141. The fourth-order valence-electron chi connectivity index (χ4n) is 1.83. The molecule has 0 spiro atoms.